The number of benzene rings is 4. The molecular formula is C29H24N2O4S. The summed E-state index contributed by atoms with van der Waals surface area (Å²) in [6.45, 7) is 3.50. The molecular weight excluding hydrogens is 472 g/mol. The summed E-state index contributed by atoms with van der Waals surface area (Å²) in [5, 5.41) is 6.14. The fourth-order valence-corrected chi connectivity index (χ4v) is 5.04. The number of anilines is 1. The average molecular weight is 497 g/mol. The molecule has 4 aromatic rings. The number of nitrogens with zero attached hydrogens (tertiary/aromatic N) is 1. The molecule has 3 amide bonds. The van der Waals surface area contributed by atoms with Crippen molar-refractivity contribution in [1.82, 2.24) is 4.90 Å². The molecule has 4 aromatic carbocycles. The Kier molecular flexibility index (Phi) is 6.48. The monoisotopic (exact) mass is 496 g/mol. The maximum Gasteiger partial charge on any atom is 0.294 e. The van der Waals surface area contributed by atoms with Crippen molar-refractivity contribution in [3.63, 3.8) is 0 Å². The molecule has 5 rings (SSSR count). The zero-order valence-electron chi connectivity index (χ0n) is 19.9. The minimum atomic E-state index is -0.499. The van der Waals surface area contributed by atoms with Crippen LogP contribution in [-0.4, -0.2) is 34.6 Å². The normalized spacial score (nSPS) is 14.9. The van der Waals surface area contributed by atoms with Crippen molar-refractivity contribution in [2.24, 2.45) is 0 Å². The quantitative estimate of drug-likeness (QED) is 0.310. The van der Waals surface area contributed by atoms with Crippen molar-refractivity contribution in [2.45, 2.75) is 20.0 Å². The first-order chi connectivity index (χ1) is 17.4. The molecule has 0 saturated carbocycles. The summed E-state index contributed by atoms with van der Waals surface area (Å²) in [6, 6.07) is 24.9. The van der Waals surface area contributed by atoms with Crippen LogP contribution in [0.3, 0.4) is 0 Å². The molecule has 1 fully saturated rings. The summed E-state index contributed by atoms with van der Waals surface area (Å²) in [7, 11) is 0. The van der Waals surface area contributed by atoms with Crippen LogP contribution in [0.15, 0.2) is 83.8 Å². The second kappa shape index (κ2) is 9.87. The van der Waals surface area contributed by atoms with E-state index in [9.17, 15) is 14.4 Å². The van der Waals surface area contributed by atoms with Gasteiger partial charge in [0.15, 0.2) is 0 Å². The third-order valence-electron chi connectivity index (χ3n) is 5.81. The number of rotatable bonds is 6. The minimum Gasteiger partial charge on any atom is -0.490 e. The van der Waals surface area contributed by atoms with Crippen LogP contribution in [0.5, 0.6) is 5.75 Å². The topological polar surface area (TPSA) is 75.7 Å². The van der Waals surface area contributed by atoms with Crippen molar-refractivity contribution in [1.29, 1.82) is 0 Å². The Morgan fingerprint density at radius 2 is 1.58 bits per heavy atom. The first-order valence-electron chi connectivity index (χ1n) is 11.6. The van der Waals surface area contributed by atoms with Gasteiger partial charge < -0.3 is 10.1 Å². The molecule has 0 bridgehead atoms. The Morgan fingerprint density at radius 3 is 2.33 bits per heavy atom. The molecule has 36 heavy (non-hydrogen) atoms. The molecule has 1 aliphatic heterocycles. The average Bonchev–Trinajstić information content (AvgIpc) is 3.12. The van der Waals surface area contributed by atoms with E-state index in [4.69, 9.17) is 4.74 Å². The molecule has 0 aromatic heterocycles. The lowest BCUT2D eigenvalue weighted by Gasteiger charge is -2.15. The molecule has 0 atom stereocenters. The maximum atomic E-state index is 13.2. The standard InChI is InChI=1S/C29H24N2O4S/c1-18(2)35-25-15-14-20-9-3-5-11-21(20)23(25)16-26-28(33)31(29(34)36-26)17-27(32)30-24-13-7-10-19-8-4-6-12-22(19)24/h3-16,18H,17H2,1-2H3,(H,30,32)/b26-16+. The zero-order chi connectivity index (χ0) is 25.2. The van der Waals surface area contributed by atoms with E-state index in [-0.39, 0.29) is 17.6 Å². The predicted molar refractivity (Wildman–Crippen MR) is 145 cm³/mol. The van der Waals surface area contributed by atoms with E-state index in [1.165, 1.54) is 0 Å². The number of hydrogen-bond acceptors (Lipinski definition) is 5. The van der Waals surface area contributed by atoms with Gasteiger partial charge in [0, 0.05) is 16.6 Å². The van der Waals surface area contributed by atoms with E-state index in [1.54, 1.807) is 12.1 Å². The van der Waals surface area contributed by atoms with Gasteiger partial charge in [-0.15, -0.1) is 0 Å². The molecule has 0 unspecified atom stereocenters. The van der Waals surface area contributed by atoms with Crippen molar-refractivity contribution < 1.29 is 19.1 Å². The molecule has 180 valence electrons. The minimum absolute atomic E-state index is 0.0638. The smallest absolute Gasteiger partial charge is 0.294 e. The van der Waals surface area contributed by atoms with Gasteiger partial charge in [-0.25, -0.2) is 0 Å². The molecule has 0 radical (unpaired) electrons. The fraction of sp³-hybridized carbons (Fsp3) is 0.138. The Bertz CT molecular complexity index is 1540. The Hall–Kier alpha value is -4.10. The highest BCUT2D eigenvalue weighted by Crippen LogP contribution is 2.37. The summed E-state index contributed by atoms with van der Waals surface area (Å²) in [5.74, 6) is -0.311. The number of thioether (sulfide) groups is 1. The number of carbonyl (C=O) groups is 3. The van der Waals surface area contributed by atoms with Crippen molar-refractivity contribution >= 4 is 62.1 Å². The largest absolute Gasteiger partial charge is 0.490 e. The third kappa shape index (κ3) is 4.70. The van der Waals surface area contributed by atoms with E-state index in [2.05, 4.69) is 5.32 Å². The number of ether oxygens (including phenoxy) is 1. The fourth-order valence-electron chi connectivity index (χ4n) is 4.22. The Balaban J connectivity index is 1.41. The lowest BCUT2D eigenvalue weighted by molar-refractivity contribution is -0.127. The highest BCUT2D eigenvalue weighted by atomic mass is 32.2. The summed E-state index contributed by atoms with van der Waals surface area (Å²) in [5.41, 5.74) is 1.36. The number of hydrogen-bond donors (Lipinski definition) is 1. The van der Waals surface area contributed by atoms with E-state index in [0.717, 1.165) is 43.8 Å². The van der Waals surface area contributed by atoms with Gasteiger partial charge in [0.2, 0.25) is 5.91 Å². The van der Waals surface area contributed by atoms with Gasteiger partial charge in [0.05, 0.1) is 11.0 Å². The van der Waals surface area contributed by atoms with E-state index in [0.29, 0.717) is 11.4 Å². The van der Waals surface area contributed by atoms with Crippen LogP contribution in [0.4, 0.5) is 10.5 Å². The predicted octanol–water partition coefficient (Wildman–Crippen LogP) is 6.46. The van der Waals surface area contributed by atoms with E-state index >= 15 is 0 Å². The molecule has 1 saturated heterocycles. The van der Waals surface area contributed by atoms with Crippen molar-refractivity contribution in [2.75, 3.05) is 11.9 Å². The summed E-state index contributed by atoms with van der Waals surface area (Å²) in [6.07, 6.45) is 1.62. The number of nitrogens with one attached hydrogen (secondary N) is 1. The van der Waals surface area contributed by atoms with Crippen LogP contribution in [0.1, 0.15) is 19.4 Å². The van der Waals surface area contributed by atoms with Gasteiger partial charge in [-0.1, -0.05) is 66.7 Å². The Morgan fingerprint density at radius 1 is 0.917 bits per heavy atom. The summed E-state index contributed by atoms with van der Waals surface area (Å²) < 4.78 is 5.99. The highest BCUT2D eigenvalue weighted by Gasteiger charge is 2.36. The first-order valence-corrected chi connectivity index (χ1v) is 12.4. The van der Waals surface area contributed by atoms with Crippen LogP contribution in [0.25, 0.3) is 27.6 Å². The van der Waals surface area contributed by atoms with Crippen LogP contribution >= 0.6 is 11.8 Å². The second-order valence-corrected chi connectivity index (χ2v) is 9.70. The zero-order valence-corrected chi connectivity index (χ0v) is 20.7. The number of amides is 3. The third-order valence-corrected chi connectivity index (χ3v) is 6.72. The summed E-state index contributed by atoms with van der Waals surface area (Å²) in [4.78, 5) is 40.0. The number of imide groups is 1. The van der Waals surface area contributed by atoms with Gasteiger partial charge in [-0.2, -0.15) is 0 Å². The lowest BCUT2D eigenvalue weighted by atomic mass is 10.0. The molecule has 1 N–H and O–H groups in total. The Labute approximate surface area is 212 Å². The summed E-state index contributed by atoms with van der Waals surface area (Å²) >= 11 is 0.827. The van der Waals surface area contributed by atoms with E-state index < -0.39 is 17.1 Å². The van der Waals surface area contributed by atoms with Gasteiger partial charge in [0.1, 0.15) is 12.3 Å². The van der Waals surface area contributed by atoms with Gasteiger partial charge in [-0.3, -0.25) is 19.3 Å². The number of fused-ring (bicyclic) bond motifs is 2. The van der Waals surface area contributed by atoms with E-state index in [1.807, 2.05) is 86.6 Å². The number of carbonyl (C=O) groups excluding carboxylic acids is 3. The lowest BCUT2D eigenvalue weighted by Crippen LogP contribution is -2.36. The van der Waals surface area contributed by atoms with Crippen molar-refractivity contribution in [3.8, 4) is 5.75 Å². The van der Waals surface area contributed by atoms with Gasteiger partial charge >= 0.3 is 0 Å². The van der Waals surface area contributed by atoms with Gasteiger partial charge in [0.25, 0.3) is 11.1 Å². The molecule has 0 spiro atoms. The molecule has 1 aliphatic rings. The molecule has 7 heteroatoms. The SMILES string of the molecule is CC(C)Oc1ccc2ccccc2c1/C=C1/SC(=O)N(CC(=O)Nc2cccc3ccccc23)C1=O. The van der Waals surface area contributed by atoms with Crippen LogP contribution in [-0.2, 0) is 9.59 Å². The van der Waals surface area contributed by atoms with Crippen LogP contribution in [0.2, 0.25) is 0 Å². The first kappa shape index (κ1) is 23.6. The van der Waals surface area contributed by atoms with Crippen molar-refractivity contribution in [3.05, 3.63) is 89.3 Å². The van der Waals surface area contributed by atoms with Crippen LogP contribution in [0, 0.1) is 0 Å². The van der Waals surface area contributed by atoms with Crippen LogP contribution < -0.4 is 10.1 Å². The van der Waals surface area contributed by atoms with Gasteiger partial charge in [-0.05, 0) is 60.0 Å². The maximum absolute atomic E-state index is 13.2. The molecule has 6 nitrogen and oxygen atoms in total. The molecule has 0 aliphatic carbocycles. The second-order valence-electron chi connectivity index (χ2n) is 8.71. The molecule has 1 heterocycles. The highest BCUT2D eigenvalue weighted by molar-refractivity contribution is 8.18.